The smallest absolute Gasteiger partial charge is 0.0656 e. The van der Waals surface area contributed by atoms with Gasteiger partial charge in [-0.15, -0.1) is 0 Å². The van der Waals surface area contributed by atoms with Gasteiger partial charge in [0.2, 0.25) is 0 Å². The molecule has 0 fully saturated rings. The molecule has 0 spiro atoms. The molecule has 4 nitrogen and oxygen atoms in total. The fourth-order valence-corrected chi connectivity index (χ4v) is 1.98. The topological polar surface area (TPSA) is 51.4 Å². The van der Waals surface area contributed by atoms with Gasteiger partial charge in [-0.2, -0.15) is 0 Å². The Hall–Kier alpha value is -0.970. The first-order valence-electron chi connectivity index (χ1n) is 5.99. The molecule has 96 valence electrons. The average Bonchev–Trinajstić information content (AvgIpc) is 2.37. The molecule has 1 aromatic heterocycles. The molecule has 1 rings (SSSR count). The lowest BCUT2D eigenvalue weighted by Gasteiger charge is -2.39. The van der Waals surface area contributed by atoms with Crippen LogP contribution in [0.2, 0.25) is 0 Å². The Labute approximate surface area is 104 Å². The molecule has 0 amide bonds. The van der Waals surface area contributed by atoms with Crippen molar-refractivity contribution < 1.29 is 4.74 Å². The van der Waals surface area contributed by atoms with Gasteiger partial charge in [-0.1, -0.05) is 6.92 Å². The summed E-state index contributed by atoms with van der Waals surface area (Å²) in [6.45, 7) is 7.32. The summed E-state index contributed by atoms with van der Waals surface area (Å²) in [5.74, 6) is 0. The maximum Gasteiger partial charge on any atom is 0.0656 e. The van der Waals surface area contributed by atoms with E-state index in [1.165, 1.54) is 5.56 Å². The largest absolute Gasteiger partial charge is 0.383 e. The second-order valence-electron chi connectivity index (χ2n) is 4.50. The molecule has 0 bridgehead atoms. The van der Waals surface area contributed by atoms with Crippen LogP contribution in [-0.2, 0) is 11.3 Å². The first kappa shape index (κ1) is 14.1. The van der Waals surface area contributed by atoms with E-state index in [-0.39, 0.29) is 5.54 Å². The predicted molar refractivity (Wildman–Crippen MR) is 69.7 cm³/mol. The third kappa shape index (κ3) is 3.77. The molecule has 0 saturated carbocycles. The number of ether oxygens (including phenoxy) is 1. The van der Waals surface area contributed by atoms with Crippen LogP contribution in [0.5, 0.6) is 0 Å². The molecule has 17 heavy (non-hydrogen) atoms. The van der Waals surface area contributed by atoms with E-state index in [9.17, 15) is 0 Å². The van der Waals surface area contributed by atoms with Crippen LogP contribution in [0.4, 0.5) is 0 Å². The summed E-state index contributed by atoms with van der Waals surface area (Å²) in [7, 11) is 1.72. The Morgan fingerprint density at radius 1 is 1.41 bits per heavy atom. The van der Waals surface area contributed by atoms with Gasteiger partial charge in [0, 0.05) is 32.6 Å². The Morgan fingerprint density at radius 3 is 2.53 bits per heavy atom. The molecule has 2 N–H and O–H groups in total. The maximum atomic E-state index is 5.89. The highest BCUT2D eigenvalue weighted by Crippen LogP contribution is 2.17. The van der Waals surface area contributed by atoms with Crippen molar-refractivity contribution >= 4 is 0 Å². The Balaban J connectivity index is 2.76. The molecule has 0 radical (unpaired) electrons. The van der Waals surface area contributed by atoms with Gasteiger partial charge < -0.3 is 10.5 Å². The van der Waals surface area contributed by atoms with Crippen molar-refractivity contribution in [3.05, 3.63) is 30.1 Å². The van der Waals surface area contributed by atoms with Gasteiger partial charge in [0.05, 0.1) is 12.1 Å². The van der Waals surface area contributed by atoms with Crippen molar-refractivity contribution in [3.8, 4) is 0 Å². The van der Waals surface area contributed by atoms with Crippen LogP contribution >= 0.6 is 0 Å². The summed E-state index contributed by atoms with van der Waals surface area (Å²) in [6, 6.07) is 4.07. The van der Waals surface area contributed by atoms with E-state index >= 15 is 0 Å². The van der Waals surface area contributed by atoms with E-state index in [0.717, 1.165) is 13.1 Å². The highest BCUT2D eigenvalue weighted by atomic mass is 16.5. The van der Waals surface area contributed by atoms with E-state index in [4.69, 9.17) is 10.5 Å². The zero-order valence-corrected chi connectivity index (χ0v) is 11.0. The van der Waals surface area contributed by atoms with Crippen LogP contribution < -0.4 is 5.73 Å². The molecule has 0 saturated heterocycles. The molecule has 4 heteroatoms. The molecule has 1 aromatic rings. The standard InChI is InChI=1S/C13H23N3O/c1-4-16(13(2,10-14)11-17-3)9-12-5-7-15-8-6-12/h5-8H,4,9-11,14H2,1-3H3. The van der Waals surface area contributed by atoms with Crippen LogP contribution in [0.15, 0.2) is 24.5 Å². The molecule has 1 heterocycles. The van der Waals surface area contributed by atoms with Crippen LogP contribution in [0.3, 0.4) is 0 Å². The lowest BCUT2D eigenvalue weighted by Crippen LogP contribution is -2.54. The number of nitrogens with zero attached hydrogens (tertiary/aromatic N) is 2. The van der Waals surface area contributed by atoms with E-state index in [1.54, 1.807) is 7.11 Å². The monoisotopic (exact) mass is 237 g/mol. The summed E-state index contributed by atoms with van der Waals surface area (Å²) >= 11 is 0. The van der Waals surface area contributed by atoms with Crippen LogP contribution in [0, 0.1) is 0 Å². The first-order valence-corrected chi connectivity index (χ1v) is 5.99. The molecule has 0 aromatic carbocycles. The summed E-state index contributed by atoms with van der Waals surface area (Å²) in [5, 5.41) is 0. The number of methoxy groups -OCH3 is 1. The predicted octanol–water partition coefficient (Wildman–Crippen LogP) is 1.27. The summed E-state index contributed by atoms with van der Waals surface area (Å²) in [4.78, 5) is 6.37. The Bertz CT molecular complexity index is 318. The number of hydrogen-bond acceptors (Lipinski definition) is 4. The molecular weight excluding hydrogens is 214 g/mol. The second-order valence-corrected chi connectivity index (χ2v) is 4.50. The first-order chi connectivity index (χ1) is 8.16. The zero-order valence-electron chi connectivity index (χ0n) is 11.0. The normalized spacial score (nSPS) is 14.9. The van der Waals surface area contributed by atoms with Crippen LogP contribution in [0.1, 0.15) is 19.4 Å². The number of nitrogens with two attached hydrogens (primary N) is 1. The van der Waals surface area contributed by atoms with Crippen LogP contribution in [-0.4, -0.2) is 42.2 Å². The van der Waals surface area contributed by atoms with Gasteiger partial charge in [0.25, 0.3) is 0 Å². The minimum atomic E-state index is -0.118. The summed E-state index contributed by atoms with van der Waals surface area (Å²) in [6.07, 6.45) is 3.64. The summed E-state index contributed by atoms with van der Waals surface area (Å²) in [5.41, 5.74) is 7.02. The van der Waals surface area contributed by atoms with Crippen molar-refractivity contribution in [2.24, 2.45) is 5.73 Å². The highest BCUT2D eigenvalue weighted by Gasteiger charge is 2.29. The van der Waals surface area contributed by atoms with Crippen molar-refractivity contribution in [3.63, 3.8) is 0 Å². The van der Waals surface area contributed by atoms with Gasteiger partial charge in [0.1, 0.15) is 0 Å². The van der Waals surface area contributed by atoms with Crippen molar-refractivity contribution in [1.82, 2.24) is 9.88 Å². The summed E-state index contributed by atoms with van der Waals surface area (Å²) < 4.78 is 5.28. The highest BCUT2D eigenvalue weighted by molar-refractivity contribution is 5.10. The SMILES string of the molecule is CCN(Cc1ccncc1)C(C)(CN)COC. The Kier molecular flexibility index (Phi) is 5.55. The quantitative estimate of drug-likeness (QED) is 0.776. The molecular formula is C13H23N3O. The molecule has 0 aliphatic carbocycles. The van der Waals surface area contributed by atoms with Gasteiger partial charge in [-0.05, 0) is 31.2 Å². The van der Waals surface area contributed by atoms with Gasteiger partial charge in [-0.3, -0.25) is 9.88 Å². The fourth-order valence-electron chi connectivity index (χ4n) is 1.98. The zero-order chi connectivity index (χ0) is 12.7. The van der Waals surface area contributed by atoms with Crippen LogP contribution in [0.25, 0.3) is 0 Å². The third-order valence-corrected chi connectivity index (χ3v) is 3.16. The van der Waals surface area contributed by atoms with Gasteiger partial charge in [-0.25, -0.2) is 0 Å². The van der Waals surface area contributed by atoms with E-state index in [2.05, 4.69) is 23.7 Å². The molecule has 0 aliphatic heterocycles. The van der Waals surface area contributed by atoms with E-state index in [0.29, 0.717) is 13.2 Å². The molecule has 0 aliphatic rings. The lowest BCUT2D eigenvalue weighted by atomic mass is 10.0. The Morgan fingerprint density at radius 2 is 2.06 bits per heavy atom. The van der Waals surface area contributed by atoms with Gasteiger partial charge >= 0.3 is 0 Å². The fraction of sp³-hybridized carbons (Fsp3) is 0.615. The number of likely N-dealkylation sites (N-methyl/N-ethyl adjacent to an activating group) is 1. The van der Waals surface area contributed by atoms with Crippen molar-refractivity contribution in [1.29, 1.82) is 0 Å². The van der Waals surface area contributed by atoms with E-state index in [1.807, 2.05) is 24.5 Å². The lowest BCUT2D eigenvalue weighted by molar-refractivity contribution is 0.0249. The molecule has 1 unspecified atom stereocenters. The number of hydrogen-bond donors (Lipinski definition) is 1. The maximum absolute atomic E-state index is 5.89. The van der Waals surface area contributed by atoms with Crippen molar-refractivity contribution in [2.45, 2.75) is 25.9 Å². The van der Waals surface area contributed by atoms with Gasteiger partial charge in [0.15, 0.2) is 0 Å². The average molecular weight is 237 g/mol. The number of aromatic nitrogens is 1. The molecule has 1 atom stereocenters. The third-order valence-electron chi connectivity index (χ3n) is 3.16. The van der Waals surface area contributed by atoms with E-state index < -0.39 is 0 Å². The number of rotatable bonds is 7. The van der Waals surface area contributed by atoms with Crippen molar-refractivity contribution in [2.75, 3.05) is 26.8 Å². The minimum Gasteiger partial charge on any atom is -0.383 e. The second kappa shape index (κ2) is 6.69. The number of pyridine rings is 1. The minimum absolute atomic E-state index is 0.118.